The summed E-state index contributed by atoms with van der Waals surface area (Å²) in [4.78, 5) is 7.90. The Bertz CT molecular complexity index is 780. The largest absolute Gasteiger partial charge is 0.481 e. The van der Waals surface area contributed by atoms with Crippen LogP contribution < -0.4 is 15.2 Å². The third-order valence-corrected chi connectivity index (χ3v) is 4.42. The number of hydrogen-bond acceptors (Lipinski definition) is 6. The molecule has 2 aromatic rings. The number of nitrogens with zero attached hydrogens (tertiary/aromatic N) is 2. The molecule has 0 fully saturated rings. The first-order chi connectivity index (χ1) is 9.81. The van der Waals surface area contributed by atoms with E-state index in [9.17, 15) is 8.42 Å². The van der Waals surface area contributed by atoms with Gasteiger partial charge in [-0.15, -0.1) is 0 Å². The number of nitrogen functional groups attached to an aromatic ring is 1. The summed E-state index contributed by atoms with van der Waals surface area (Å²) < 4.78 is 32.6. The van der Waals surface area contributed by atoms with E-state index in [4.69, 9.17) is 10.5 Å². The van der Waals surface area contributed by atoms with Gasteiger partial charge >= 0.3 is 0 Å². The molecule has 0 unspecified atom stereocenters. The maximum absolute atomic E-state index is 12.3. The normalized spacial score (nSPS) is 11.2. The highest BCUT2D eigenvalue weighted by Crippen LogP contribution is 2.24. The first kappa shape index (κ1) is 15.5. The Labute approximate surface area is 130 Å². The number of halogens is 1. The predicted molar refractivity (Wildman–Crippen MR) is 82.7 cm³/mol. The molecule has 0 aliphatic heterocycles. The minimum Gasteiger partial charge on any atom is -0.481 e. The van der Waals surface area contributed by atoms with Crippen LogP contribution in [-0.2, 0) is 10.0 Å². The number of nitrogens with two attached hydrogens (primary N) is 1. The second-order valence-corrected chi connectivity index (χ2v) is 6.73. The lowest BCUT2D eigenvalue weighted by molar-refractivity contribution is 0.397. The SMILES string of the molecule is COc1cc(C)nc(NS(=O)(=O)c2ccc(Br)cc2N)n1. The Hall–Kier alpha value is -1.87. The van der Waals surface area contributed by atoms with Crippen LogP contribution in [-0.4, -0.2) is 25.5 Å². The van der Waals surface area contributed by atoms with Crippen molar-refractivity contribution in [3.8, 4) is 5.88 Å². The zero-order valence-electron chi connectivity index (χ0n) is 11.3. The van der Waals surface area contributed by atoms with Crippen LogP contribution in [0.3, 0.4) is 0 Å². The quantitative estimate of drug-likeness (QED) is 0.794. The summed E-state index contributed by atoms with van der Waals surface area (Å²) in [6, 6.07) is 6.08. The molecule has 0 aliphatic carbocycles. The Morgan fingerprint density at radius 2 is 2.00 bits per heavy atom. The minimum atomic E-state index is -3.88. The van der Waals surface area contributed by atoms with Gasteiger partial charge in [-0.05, 0) is 25.1 Å². The smallest absolute Gasteiger partial charge is 0.266 e. The number of methoxy groups -OCH3 is 1. The maximum Gasteiger partial charge on any atom is 0.266 e. The van der Waals surface area contributed by atoms with Crippen molar-refractivity contribution in [2.75, 3.05) is 17.6 Å². The summed E-state index contributed by atoms with van der Waals surface area (Å²) in [5, 5.41) is 0. The van der Waals surface area contributed by atoms with E-state index < -0.39 is 10.0 Å². The van der Waals surface area contributed by atoms with Crippen molar-refractivity contribution in [2.45, 2.75) is 11.8 Å². The number of anilines is 2. The van der Waals surface area contributed by atoms with E-state index in [0.717, 1.165) is 0 Å². The molecule has 3 N–H and O–H groups in total. The van der Waals surface area contributed by atoms with Gasteiger partial charge < -0.3 is 10.5 Å². The van der Waals surface area contributed by atoms with E-state index in [1.165, 1.54) is 19.2 Å². The summed E-state index contributed by atoms with van der Waals surface area (Å²) in [5.41, 5.74) is 6.43. The second-order valence-electron chi connectivity index (χ2n) is 4.16. The zero-order valence-corrected chi connectivity index (χ0v) is 13.7. The van der Waals surface area contributed by atoms with Crippen molar-refractivity contribution < 1.29 is 13.2 Å². The van der Waals surface area contributed by atoms with E-state index >= 15 is 0 Å². The first-order valence-corrected chi connectivity index (χ1v) is 8.07. The Morgan fingerprint density at radius 3 is 2.62 bits per heavy atom. The highest BCUT2D eigenvalue weighted by atomic mass is 79.9. The van der Waals surface area contributed by atoms with Crippen molar-refractivity contribution in [3.05, 3.63) is 34.4 Å². The molecule has 1 aromatic heterocycles. The summed E-state index contributed by atoms with van der Waals surface area (Å²) >= 11 is 3.22. The number of aryl methyl sites for hydroxylation is 1. The lowest BCUT2D eigenvalue weighted by Gasteiger charge is -2.10. The Kier molecular flexibility index (Phi) is 4.33. The molecule has 0 saturated carbocycles. The fourth-order valence-electron chi connectivity index (χ4n) is 1.63. The topological polar surface area (TPSA) is 107 Å². The van der Waals surface area contributed by atoms with Crippen LogP contribution in [0.1, 0.15) is 5.69 Å². The molecule has 0 spiro atoms. The van der Waals surface area contributed by atoms with Gasteiger partial charge in [0.2, 0.25) is 11.8 Å². The van der Waals surface area contributed by atoms with Gasteiger partial charge in [0.15, 0.2) is 0 Å². The van der Waals surface area contributed by atoms with E-state index in [2.05, 4.69) is 30.6 Å². The van der Waals surface area contributed by atoms with Gasteiger partial charge in [0.05, 0.1) is 12.8 Å². The van der Waals surface area contributed by atoms with Crippen LogP contribution in [0.4, 0.5) is 11.6 Å². The van der Waals surface area contributed by atoms with Gasteiger partial charge in [-0.2, -0.15) is 4.98 Å². The highest BCUT2D eigenvalue weighted by molar-refractivity contribution is 9.10. The number of hydrogen-bond donors (Lipinski definition) is 2. The van der Waals surface area contributed by atoms with Gasteiger partial charge in [0.25, 0.3) is 10.0 Å². The van der Waals surface area contributed by atoms with Crippen LogP contribution in [0.5, 0.6) is 5.88 Å². The second kappa shape index (κ2) is 5.86. The van der Waals surface area contributed by atoms with E-state index in [1.54, 1.807) is 19.1 Å². The number of benzene rings is 1. The summed E-state index contributed by atoms with van der Waals surface area (Å²) in [7, 11) is -2.44. The van der Waals surface area contributed by atoms with E-state index in [1.807, 2.05) is 0 Å². The average Bonchev–Trinajstić information content (AvgIpc) is 2.36. The summed E-state index contributed by atoms with van der Waals surface area (Å²) in [6.45, 7) is 1.70. The zero-order chi connectivity index (χ0) is 15.6. The molecular formula is C12H13BrN4O3S. The highest BCUT2D eigenvalue weighted by Gasteiger charge is 2.19. The molecular weight excluding hydrogens is 360 g/mol. The molecule has 2 rings (SSSR count). The standard InChI is InChI=1S/C12H13BrN4O3S/c1-7-5-11(20-2)16-12(15-7)17-21(18,19)10-4-3-8(13)6-9(10)14/h3-6H,14H2,1-2H3,(H,15,16,17). The van der Waals surface area contributed by atoms with Gasteiger partial charge in [-0.1, -0.05) is 15.9 Å². The molecule has 1 heterocycles. The molecule has 0 radical (unpaired) electrons. The van der Waals surface area contributed by atoms with Crippen molar-refractivity contribution in [1.82, 2.24) is 9.97 Å². The van der Waals surface area contributed by atoms with Crippen LogP contribution in [0.2, 0.25) is 0 Å². The maximum atomic E-state index is 12.3. The molecule has 0 saturated heterocycles. The molecule has 9 heteroatoms. The monoisotopic (exact) mass is 372 g/mol. The summed E-state index contributed by atoms with van der Waals surface area (Å²) in [5.74, 6) is 0.193. The molecule has 0 amide bonds. The van der Waals surface area contributed by atoms with E-state index in [0.29, 0.717) is 10.2 Å². The molecule has 21 heavy (non-hydrogen) atoms. The van der Waals surface area contributed by atoms with Crippen LogP contribution in [0.25, 0.3) is 0 Å². The first-order valence-electron chi connectivity index (χ1n) is 5.79. The van der Waals surface area contributed by atoms with Crippen molar-refractivity contribution >= 4 is 37.6 Å². The number of nitrogens with one attached hydrogen (secondary N) is 1. The molecule has 1 aromatic carbocycles. The van der Waals surface area contributed by atoms with Gasteiger partial charge in [0, 0.05) is 16.2 Å². The van der Waals surface area contributed by atoms with Crippen LogP contribution >= 0.6 is 15.9 Å². The molecule has 7 nitrogen and oxygen atoms in total. The Morgan fingerprint density at radius 1 is 1.29 bits per heavy atom. The lowest BCUT2D eigenvalue weighted by atomic mass is 10.3. The van der Waals surface area contributed by atoms with Crippen molar-refractivity contribution in [3.63, 3.8) is 0 Å². The van der Waals surface area contributed by atoms with Gasteiger partial charge in [-0.3, -0.25) is 0 Å². The predicted octanol–water partition coefficient (Wildman–Crippen LogP) is 1.94. The number of ether oxygens (including phenoxy) is 1. The lowest BCUT2D eigenvalue weighted by Crippen LogP contribution is -2.17. The van der Waals surface area contributed by atoms with Gasteiger partial charge in [-0.25, -0.2) is 18.1 Å². The molecule has 0 aliphatic rings. The fraction of sp³-hybridized carbons (Fsp3) is 0.167. The minimum absolute atomic E-state index is 0.0465. The average molecular weight is 373 g/mol. The third kappa shape index (κ3) is 3.61. The molecule has 0 atom stereocenters. The number of sulfonamides is 1. The fourth-order valence-corrected chi connectivity index (χ4v) is 3.07. The van der Waals surface area contributed by atoms with Crippen molar-refractivity contribution in [1.29, 1.82) is 0 Å². The number of rotatable bonds is 4. The van der Waals surface area contributed by atoms with Crippen molar-refractivity contribution in [2.24, 2.45) is 0 Å². The Balaban J connectivity index is 2.39. The summed E-state index contributed by atoms with van der Waals surface area (Å²) in [6.07, 6.45) is 0. The van der Waals surface area contributed by atoms with E-state index in [-0.39, 0.29) is 22.4 Å². The van der Waals surface area contributed by atoms with Crippen LogP contribution in [0.15, 0.2) is 33.6 Å². The molecule has 0 bridgehead atoms. The molecule has 112 valence electrons. The van der Waals surface area contributed by atoms with Crippen LogP contribution in [0, 0.1) is 6.92 Å². The van der Waals surface area contributed by atoms with Gasteiger partial charge in [0.1, 0.15) is 4.90 Å². The number of aromatic nitrogens is 2. The third-order valence-electron chi connectivity index (χ3n) is 2.53.